The number of nitrogens with two attached hydrogens (primary N) is 1. The van der Waals surface area contributed by atoms with Crippen LogP contribution in [0, 0.1) is 5.82 Å². The maximum Gasteiger partial charge on any atom is 0.330 e. The molecule has 0 spiro atoms. The molecule has 3 aromatic rings. The fraction of sp³-hybridized carbons (Fsp3) is 0.261. The second-order valence-corrected chi connectivity index (χ2v) is 7.21. The van der Waals surface area contributed by atoms with E-state index in [9.17, 15) is 18.8 Å². The molecular weight excluding hydrogens is 415 g/mol. The zero-order chi connectivity index (χ0) is 23.1. The number of ether oxygens (including phenoxy) is 1. The molecule has 0 saturated carbocycles. The van der Waals surface area contributed by atoms with Crippen LogP contribution in [0.2, 0.25) is 0 Å². The van der Waals surface area contributed by atoms with Gasteiger partial charge in [-0.05, 0) is 24.1 Å². The van der Waals surface area contributed by atoms with E-state index in [0.717, 1.165) is 18.1 Å². The zero-order valence-electron chi connectivity index (χ0n) is 17.7. The van der Waals surface area contributed by atoms with Crippen molar-refractivity contribution in [1.82, 2.24) is 9.55 Å². The Balaban J connectivity index is 1.93. The van der Waals surface area contributed by atoms with Crippen LogP contribution in [-0.2, 0) is 11.3 Å². The number of carbonyl (C=O) groups is 1. The summed E-state index contributed by atoms with van der Waals surface area (Å²) in [5.41, 5.74) is 5.50. The Kier molecular flexibility index (Phi) is 7.43. The first-order valence-corrected chi connectivity index (χ1v) is 10.3. The summed E-state index contributed by atoms with van der Waals surface area (Å²) in [6.07, 6.45) is 1.36. The number of amides is 1. The number of benzene rings is 2. The number of nitrogens with zero attached hydrogens (tertiary/aromatic N) is 2. The van der Waals surface area contributed by atoms with Crippen molar-refractivity contribution in [2.24, 2.45) is 0 Å². The molecule has 0 aliphatic carbocycles. The second-order valence-electron chi connectivity index (χ2n) is 7.21. The Hall–Kier alpha value is -3.88. The number of hydrogen-bond donors (Lipinski definition) is 2. The highest BCUT2D eigenvalue weighted by Gasteiger charge is 2.24. The van der Waals surface area contributed by atoms with Crippen molar-refractivity contribution in [3.8, 4) is 5.75 Å². The third-order valence-corrected chi connectivity index (χ3v) is 4.86. The lowest BCUT2D eigenvalue weighted by Crippen LogP contribution is -2.43. The molecule has 3 rings (SSSR count). The average molecular weight is 440 g/mol. The Morgan fingerprint density at radius 2 is 1.91 bits per heavy atom. The predicted molar refractivity (Wildman–Crippen MR) is 120 cm³/mol. The topological polar surface area (TPSA) is 110 Å². The van der Waals surface area contributed by atoms with E-state index in [1.165, 1.54) is 27.7 Å². The van der Waals surface area contributed by atoms with Crippen LogP contribution in [0.5, 0.6) is 5.75 Å². The highest BCUT2D eigenvalue weighted by Crippen LogP contribution is 2.19. The number of rotatable bonds is 9. The molecular formula is C23H25FN4O4. The van der Waals surface area contributed by atoms with Gasteiger partial charge in [-0.15, -0.1) is 0 Å². The minimum Gasteiger partial charge on any atom is -0.484 e. The monoisotopic (exact) mass is 440 g/mol. The predicted octanol–water partition coefficient (Wildman–Crippen LogP) is 2.52. The van der Waals surface area contributed by atoms with Gasteiger partial charge < -0.3 is 15.4 Å². The van der Waals surface area contributed by atoms with E-state index in [2.05, 4.69) is 4.98 Å². The molecule has 0 fully saturated rings. The number of aromatic nitrogens is 2. The lowest BCUT2D eigenvalue weighted by molar-refractivity contribution is -0.120. The smallest absolute Gasteiger partial charge is 0.330 e. The van der Waals surface area contributed by atoms with Crippen molar-refractivity contribution in [3.05, 3.63) is 86.8 Å². The molecule has 32 heavy (non-hydrogen) atoms. The first-order valence-electron chi connectivity index (χ1n) is 10.3. The van der Waals surface area contributed by atoms with Crippen LogP contribution in [-0.4, -0.2) is 28.6 Å². The first kappa shape index (κ1) is 22.8. The van der Waals surface area contributed by atoms with Crippen molar-refractivity contribution in [3.63, 3.8) is 0 Å². The standard InChI is InChI=1S/C23H25FN4O4/c1-2-3-12-27(19(29)15-32-18-11-7-10-17(24)13-18)20-21(25)28(23(31)26-22(20)30)14-16-8-5-4-6-9-16/h4-11,13H,2-3,12,14-15,25H2,1H3,(H,26,30,31). The number of carbonyl (C=O) groups excluding carboxylic acids is 1. The Bertz CT molecular complexity index is 1190. The van der Waals surface area contributed by atoms with Gasteiger partial charge in [-0.2, -0.15) is 0 Å². The maximum atomic E-state index is 13.4. The van der Waals surface area contributed by atoms with E-state index in [4.69, 9.17) is 10.5 Å². The molecule has 1 aromatic heterocycles. The molecule has 168 valence electrons. The molecule has 0 unspecified atom stereocenters. The molecule has 1 heterocycles. The van der Waals surface area contributed by atoms with E-state index in [1.54, 1.807) is 0 Å². The van der Waals surface area contributed by atoms with Crippen LogP contribution < -0.4 is 26.6 Å². The third kappa shape index (κ3) is 5.42. The van der Waals surface area contributed by atoms with Gasteiger partial charge in [-0.25, -0.2) is 9.18 Å². The number of nitrogens with one attached hydrogen (secondary N) is 1. The number of aromatic amines is 1. The van der Waals surface area contributed by atoms with Crippen molar-refractivity contribution < 1.29 is 13.9 Å². The highest BCUT2D eigenvalue weighted by molar-refractivity contribution is 5.96. The van der Waals surface area contributed by atoms with Crippen LogP contribution in [0.4, 0.5) is 15.9 Å². The molecule has 2 aromatic carbocycles. The van der Waals surface area contributed by atoms with Gasteiger partial charge in [0.2, 0.25) is 0 Å². The summed E-state index contributed by atoms with van der Waals surface area (Å²) >= 11 is 0. The van der Waals surface area contributed by atoms with Crippen LogP contribution in [0.1, 0.15) is 25.3 Å². The minimum absolute atomic E-state index is 0.109. The molecule has 0 saturated heterocycles. The van der Waals surface area contributed by atoms with E-state index in [0.29, 0.717) is 6.42 Å². The van der Waals surface area contributed by atoms with Crippen molar-refractivity contribution in [2.45, 2.75) is 26.3 Å². The molecule has 0 atom stereocenters. The number of H-pyrrole nitrogens is 1. The largest absolute Gasteiger partial charge is 0.484 e. The van der Waals surface area contributed by atoms with Gasteiger partial charge in [0.1, 0.15) is 17.4 Å². The Morgan fingerprint density at radius 1 is 1.16 bits per heavy atom. The lowest BCUT2D eigenvalue weighted by Gasteiger charge is -2.24. The molecule has 0 aliphatic heterocycles. The van der Waals surface area contributed by atoms with Crippen molar-refractivity contribution >= 4 is 17.4 Å². The van der Waals surface area contributed by atoms with Crippen molar-refractivity contribution in [2.75, 3.05) is 23.8 Å². The summed E-state index contributed by atoms with van der Waals surface area (Å²) in [6.45, 7) is 1.85. The number of anilines is 2. The van der Waals surface area contributed by atoms with Gasteiger partial charge in [-0.3, -0.25) is 19.1 Å². The van der Waals surface area contributed by atoms with Crippen LogP contribution in [0.15, 0.2) is 64.2 Å². The third-order valence-electron chi connectivity index (χ3n) is 4.86. The SMILES string of the molecule is CCCCN(C(=O)COc1cccc(F)c1)c1c(N)n(Cc2ccccc2)c(=O)[nH]c1=O. The average Bonchev–Trinajstić information content (AvgIpc) is 2.78. The molecule has 1 amide bonds. The fourth-order valence-corrected chi connectivity index (χ4v) is 3.22. The van der Waals surface area contributed by atoms with E-state index in [1.807, 2.05) is 37.3 Å². The molecule has 0 bridgehead atoms. The summed E-state index contributed by atoms with van der Waals surface area (Å²) < 4.78 is 20.0. The zero-order valence-corrected chi connectivity index (χ0v) is 17.7. The summed E-state index contributed by atoms with van der Waals surface area (Å²) in [6, 6.07) is 14.5. The van der Waals surface area contributed by atoms with Gasteiger partial charge >= 0.3 is 5.69 Å². The number of unbranched alkanes of at least 4 members (excludes halogenated alkanes) is 1. The molecule has 0 aliphatic rings. The lowest BCUT2D eigenvalue weighted by atomic mass is 10.2. The second kappa shape index (κ2) is 10.4. The summed E-state index contributed by atoms with van der Waals surface area (Å²) in [4.78, 5) is 41.5. The number of nitrogen functional groups attached to an aromatic ring is 1. The molecule has 9 heteroatoms. The maximum absolute atomic E-state index is 13.4. The summed E-state index contributed by atoms with van der Waals surface area (Å²) in [5.74, 6) is -0.959. The van der Waals surface area contributed by atoms with Gasteiger partial charge in [0.25, 0.3) is 11.5 Å². The summed E-state index contributed by atoms with van der Waals surface area (Å²) in [7, 11) is 0. The van der Waals surface area contributed by atoms with Gasteiger partial charge in [0.05, 0.1) is 6.54 Å². The minimum atomic E-state index is -0.757. The summed E-state index contributed by atoms with van der Waals surface area (Å²) in [5, 5.41) is 0. The van der Waals surface area contributed by atoms with Gasteiger partial charge in [0.15, 0.2) is 12.3 Å². The number of hydrogen-bond acceptors (Lipinski definition) is 5. The van der Waals surface area contributed by atoms with E-state index < -0.39 is 29.6 Å². The first-order chi connectivity index (χ1) is 15.4. The Labute approximate surface area is 184 Å². The van der Waals surface area contributed by atoms with E-state index in [-0.39, 0.29) is 30.3 Å². The van der Waals surface area contributed by atoms with Gasteiger partial charge in [-0.1, -0.05) is 49.7 Å². The van der Waals surface area contributed by atoms with Crippen LogP contribution in [0.3, 0.4) is 0 Å². The van der Waals surface area contributed by atoms with Crippen LogP contribution >= 0.6 is 0 Å². The highest BCUT2D eigenvalue weighted by atomic mass is 19.1. The normalized spacial score (nSPS) is 10.7. The molecule has 3 N–H and O–H groups in total. The van der Waals surface area contributed by atoms with E-state index >= 15 is 0 Å². The number of halogens is 1. The quantitative estimate of drug-likeness (QED) is 0.531. The van der Waals surface area contributed by atoms with Crippen molar-refractivity contribution in [1.29, 1.82) is 0 Å². The fourth-order valence-electron chi connectivity index (χ4n) is 3.22. The molecule has 0 radical (unpaired) electrons. The molecule has 8 nitrogen and oxygen atoms in total. The Morgan fingerprint density at radius 3 is 2.59 bits per heavy atom. The van der Waals surface area contributed by atoms with Crippen LogP contribution in [0.25, 0.3) is 0 Å². The van der Waals surface area contributed by atoms with Gasteiger partial charge in [0, 0.05) is 12.6 Å².